The molecular weight excluding hydrogens is 414 g/mol. The molecule has 0 aliphatic heterocycles. The first-order chi connectivity index (χ1) is 16.1. The Bertz CT molecular complexity index is 1280. The summed E-state index contributed by atoms with van der Waals surface area (Å²) >= 11 is 0. The second-order valence-electron chi connectivity index (χ2n) is 8.59. The van der Waals surface area contributed by atoms with Crippen molar-refractivity contribution in [3.63, 3.8) is 0 Å². The molecule has 1 aliphatic rings. The molecule has 1 N–H and O–H groups in total. The Morgan fingerprint density at radius 2 is 1.94 bits per heavy atom. The van der Waals surface area contributed by atoms with E-state index in [2.05, 4.69) is 25.4 Å². The summed E-state index contributed by atoms with van der Waals surface area (Å²) in [6.07, 6.45) is 9.27. The molecule has 4 aromatic rings. The predicted molar refractivity (Wildman–Crippen MR) is 127 cm³/mol. The van der Waals surface area contributed by atoms with Crippen LogP contribution in [0.25, 0.3) is 17.2 Å². The van der Waals surface area contributed by atoms with Crippen LogP contribution in [-0.4, -0.2) is 48.5 Å². The zero-order valence-corrected chi connectivity index (χ0v) is 18.9. The van der Waals surface area contributed by atoms with Crippen LogP contribution in [0.15, 0.2) is 54.9 Å². The summed E-state index contributed by atoms with van der Waals surface area (Å²) in [4.78, 5) is 28.3. The Hall–Kier alpha value is -3.81. The molecule has 168 valence electrons. The summed E-state index contributed by atoms with van der Waals surface area (Å²) in [5.41, 5.74) is 3.12. The Morgan fingerprint density at radius 3 is 2.73 bits per heavy atom. The number of rotatable bonds is 5. The van der Waals surface area contributed by atoms with Crippen LogP contribution in [0.4, 0.5) is 11.5 Å². The highest BCUT2D eigenvalue weighted by Crippen LogP contribution is 2.25. The first-order valence-electron chi connectivity index (χ1n) is 11.4. The van der Waals surface area contributed by atoms with Gasteiger partial charge in [0.25, 0.3) is 11.7 Å². The van der Waals surface area contributed by atoms with Gasteiger partial charge in [-0.1, -0.05) is 25.3 Å². The van der Waals surface area contributed by atoms with E-state index in [-0.39, 0.29) is 5.91 Å². The van der Waals surface area contributed by atoms with E-state index in [0.717, 1.165) is 35.6 Å². The second kappa shape index (κ2) is 8.97. The van der Waals surface area contributed by atoms with Gasteiger partial charge in [0.05, 0.1) is 0 Å². The fourth-order valence-corrected chi connectivity index (χ4v) is 4.41. The molecule has 0 atom stereocenters. The summed E-state index contributed by atoms with van der Waals surface area (Å²) in [7, 11) is 1.92. The molecule has 1 aromatic carbocycles. The highest BCUT2D eigenvalue weighted by molar-refractivity contribution is 5.95. The molecule has 8 nitrogen and oxygen atoms in total. The molecular formula is C25H27N7O. The number of pyridine rings is 1. The number of aryl methyl sites for hydroxylation is 1. The number of nitrogens with zero attached hydrogens (tertiary/aromatic N) is 6. The van der Waals surface area contributed by atoms with Gasteiger partial charge in [0, 0.05) is 54.1 Å². The summed E-state index contributed by atoms with van der Waals surface area (Å²) in [6.45, 7) is 1.92. The van der Waals surface area contributed by atoms with Crippen LogP contribution in [0.5, 0.6) is 0 Å². The van der Waals surface area contributed by atoms with Gasteiger partial charge in [0.2, 0.25) is 0 Å². The Labute approximate surface area is 192 Å². The van der Waals surface area contributed by atoms with Gasteiger partial charge in [-0.3, -0.25) is 9.78 Å². The zero-order valence-electron chi connectivity index (χ0n) is 18.9. The summed E-state index contributed by atoms with van der Waals surface area (Å²) in [5, 5.41) is 8.03. The molecule has 5 rings (SSSR count). The van der Waals surface area contributed by atoms with Crippen molar-refractivity contribution < 1.29 is 4.79 Å². The van der Waals surface area contributed by atoms with E-state index < -0.39 is 0 Å². The number of carbonyl (C=O) groups is 1. The average molecular weight is 442 g/mol. The lowest BCUT2D eigenvalue weighted by Gasteiger charge is -2.31. The van der Waals surface area contributed by atoms with Gasteiger partial charge in [-0.05, 0) is 50.1 Å². The SMILES string of the molecule is Cc1cc(Nc2cccc(C(=O)N(C)C3CCCCC3)c2)n2nc(-c3cccnc3)nc2n1. The molecule has 1 aliphatic carbocycles. The minimum Gasteiger partial charge on any atom is -0.340 e. The van der Waals surface area contributed by atoms with Crippen molar-refractivity contribution in [2.75, 3.05) is 12.4 Å². The van der Waals surface area contributed by atoms with Gasteiger partial charge < -0.3 is 10.2 Å². The first kappa shape index (κ1) is 21.1. The molecule has 0 bridgehead atoms. The number of carbonyl (C=O) groups excluding carboxylic acids is 1. The van der Waals surface area contributed by atoms with E-state index >= 15 is 0 Å². The highest BCUT2D eigenvalue weighted by atomic mass is 16.2. The van der Waals surface area contributed by atoms with Crippen molar-refractivity contribution in [2.24, 2.45) is 0 Å². The third-order valence-electron chi connectivity index (χ3n) is 6.18. The van der Waals surface area contributed by atoms with E-state index in [0.29, 0.717) is 23.2 Å². The van der Waals surface area contributed by atoms with Crippen molar-refractivity contribution in [3.8, 4) is 11.4 Å². The first-order valence-corrected chi connectivity index (χ1v) is 11.4. The second-order valence-corrected chi connectivity index (χ2v) is 8.59. The van der Waals surface area contributed by atoms with Crippen molar-refractivity contribution in [3.05, 3.63) is 66.1 Å². The molecule has 1 fully saturated rings. The fourth-order valence-electron chi connectivity index (χ4n) is 4.41. The van der Waals surface area contributed by atoms with Crippen molar-refractivity contribution >= 4 is 23.2 Å². The molecule has 8 heteroatoms. The third kappa shape index (κ3) is 4.41. The molecule has 0 unspecified atom stereocenters. The summed E-state index contributed by atoms with van der Waals surface area (Å²) in [5.74, 6) is 1.84. The lowest BCUT2D eigenvalue weighted by molar-refractivity contribution is 0.0696. The number of aromatic nitrogens is 5. The van der Waals surface area contributed by atoms with Gasteiger partial charge in [0.1, 0.15) is 5.82 Å². The van der Waals surface area contributed by atoms with E-state index in [1.165, 1.54) is 19.3 Å². The zero-order chi connectivity index (χ0) is 22.8. The molecule has 0 saturated heterocycles. The van der Waals surface area contributed by atoms with Gasteiger partial charge in [-0.15, -0.1) is 5.10 Å². The van der Waals surface area contributed by atoms with Crippen LogP contribution < -0.4 is 5.32 Å². The Kier molecular flexibility index (Phi) is 5.73. The van der Waals surface area contributed by atoms with E-state index in [9.17, 15) is 4.79 Å². The summed E-state index contributed by atoms with van der Waals surface area (Å²) in [6, 6.07) is 13.6. The smallest absolute Gasteiger partial charge is 0.254 e. The molecule has 0 radical (unpaired) electrons. The minimum absolute atomic E-state index is 0.0567. The van der Waals surface area contributed by atoms with Gasteiger partial charge >= 0.3 is 0 Å². The quantitative estimate of drug-likeness (QED) is 0.485. The lowest BCUT2D eigenvalue weighted by Crippen LogP contribution is -2.38. The fraction of sp³-hybridized carbons (Fsp3) is 0.320. The van der Waals surface area contributed by atoms with Crippen LogP contribution in [0.2, 0.25) is 0 Å². The van der Waals surface area contributed by atoms with E-state index in [4.69, 9.17) is 0 Å². The van der Waals surface area contributed by atoms with E-state index in [1.54, 1.807) is 16.9 Å². The Morgan fingerprint density at radius 1 is 1.09 bits per heavy atom. The standard InChI is InChI=1S/C25H27N7O/c1-17-14-22(32-25(27-17)29-23(30-32)19-9-7-13-26-16-19)28-20-10-6-8-18(15-20)24(33)31(2)21-11-4-3-5-12-21/h6-10,13-16,21,28H,3-5,11-12H2,1-2H3. The Balaban J connectivity index is 1.43. The van der Waals surface area contributed by atoms with Crippen LogP contribution >= 0.6 is 0 Å². The van der Waals surface area contributed by atoms with Crippen molar-refractivity contribution in [1.29, 1.82) is 0 Å². The number of amides is 1. The van der Waals surface area contributed by atoms with Gasteiger partial charge in [-0.2, -0.15) is 9.50 Å². The van der Waals surface area contributed by atoms with Crippen LogP contribution in [-0.2, 0) is 0 Å². The molecule has 0 spiro atoms. The number of nitrogens with one attached hydrogen (secondary N) is 1. The molecule has 1 saturated carbocycles. The molecule has 3 aromatic heterocycles. The molecule has 33 heavy (non-hydrogen) atoms. The number of hydrogen-bond donors (Lipinski definition) is 1. The maximum atomic E-state index is 13.1. The molecule has 3 heterocycles. The number of hydrogen-bond acceptors (Lipinski definition) is 6. The van der Waals surface area contributed by atoms with E-state index in [1.807, 2.05) is 61.3 Å². The average Bonchev–Trinajstić information content (AvgIpc) is 3.29. The number of anilines is 2. The van der Waals surface area contributed by atoms with Crippen LogP contribution in [0, 0.1) is 6.92 Å². The van der Waals surface area contributed by atoms with Crippen molar-refractivity contribution in [2.45, 2.75) is 45.1 Å². The third-order valence-corrected chi connectivity index (χ3v) is 6.18. The molecule has 1 amide bonds. The normalized spacial score (nSPS) is 14.4. The topological polar surface area (TPSA) is 88.3 Å². The largest absolute Gasteiger partial charge is 0.340 e. The maximum absolute atomic E-state index is 13.1. The predicted octanol–water partition coefficient (Wildman–Crippen LogP) is 4.64. The number of fused-ring (bicyclic) bond motifs is 1. The minimum atomic E-state index is 0.0567. The van der Waals surface area contributed by atoms with Gasteiger partial charge in [-0.25, -0.2) is 4.98 Å². The summed E-state index contributed by atoms with van der Waals surface area (Å²) < 4.78 is 1.68. The maximum Gasteiger partial charge on any atom is 0.254 e. The lowest BCUT2D eigenvalue weighted by atomic mass is 9.94. The van der Waals surface area contributed by atoms with Crippen molar-refractivity contribution in [1.82, 2.24) is 29.5 Å². The number of benzene rings is 1. The highest BCUT2D eigenvalue weighted by Gasteiger charge is 2.23. The van der Waals surface area contributed by atoms with Crippen LogP contribution in [0.3, 0.4) is 0 Å². The van der Waals surface area contributed by atoms with Crippen LogP contribution in [0.1, 0.15) is 48.2 Å². The van der Waals surface area contributed by atoms with Gasteiger partial charge in [0.15, 0.2) is 5.82 Å². The monoisotopic (exact) mass is 441 g/mol.